The number of hydrogen-bond donors (Lipinski definition) is 0. The molecule has 134 valence electrons. The topological polar surface area (TPSA) is 35.5 Å². The lowest BCUT2D eigenvalue weighted by Crippen LogP contribution is -2.18. The predicted octanol–water partition coefficient (Wildman–Crippen LogP) is 5.00. The van der Waals surface area contributed by atoms with E-state index < -0.39 is 10.8 Å². The van der Waals surface area contributed by atoms with Gasteiger partial charge in [0.2, 0.25) is 0 Å². The van der Waals surface area contributed by atoms with Crippen LogP contribution in [0.15, 0.2) is 71.2 Å². The molecule has 2 rings (SSSR count). The molecule has 0 aliphatic carbocycles. The molecule has 0 amide bonds. The number of ether oxygens (including phenoxy) is 2. The molecule has 25 heavy (non-hydrogen) atoms. The maximum Gasteiger partial charge on any atom is 0.122 e. The summed E-state index contributed by atoms with van der Waals surface area (Å²) in [6.45, 7) is 3.09. The second-order valence-corrected chi connectivity index (χ2v) is 8.04. The van der Waals surface area contributed by atoms with E-state index in [2.05, 4.69) is 22.6 Å². The Labute approximate surface area is 166 Å². The Balaban J connectivity index is 1.79. The predicted molar refractivity (Wildman–Crippen MR) is 111 cm³/mol. The van der Waals surface area contributed by atoms with E-state index in [1.54, 1.807) is 11.7 Å². The van der Waals surface area contributed by atoms with Crippen LogP contribution in [0, 0.1) is 6.92 Å². The minimum absolute atomic E-state index is 0.0353. The summed E-state index contributed by atoms with van der Waals surface area (Å²) in [5, 5.41) is 1.59. The van der Waals surface area contributed by atoms with Crippen LogP contribution in [0.2, 0.25) is 0 Å². The average Bonchev–Trinajstić information content (AvgIpc) is 2.63. The summed E-state index contributed by atoms with van der Waals surface area (Å²) in [6, 6.07) is 17.7. The Bertz CT molecular complexity index is 671. The van der Waals surface area contributed by atoms with Crippen molar-refractivity contribution in [1.82, 2.24) is 0 Å². The van der Waals surface area contributed by atoms with Gasteiger partial charge in [-0.2, -0.15) is 0 Å². The first kappa shape index (κ1) is 20.1. The van der Waals surface area contributed by atoms with Gasteiger partial charge in [0.15, 0.2) is 0 Å². The fraction of sp³-hybridized carbons (Fsp3) is 0.300. The molecular weight excluding hydrogens is 447 g/mol. The number of rotatable bonds is 10. The van der Waals surface area contributed by atoms with E-state index in [0.29, 0.717) is 13.2 Å². The van der Waals surface area contributed by atoms with Crippen LogP contribution in [-0.4, -0.2) is 21.3 Å². The van der Waals surface area contributed by atoms with Gasteiger partial charge in [-0.15, -0.1) is 0 Å². The standard InChI is InChI=1S/C20H23IO3S/c1-17-7-9-20(10-8-17)25(22)14-13-24-19(11-12-21)16-23-15-18-5-3-2-4-6-18/h2-10,13-14,19H,11-12,15-16H2,1H3/b14-13-/t19-,25?/m0/s1. The number of aryl methyl sites for hydroxylation is 1. The highest BCUT2D eigenvalue weighted by Gasteiger charge is 2.08. The zero-order chi connectivity index (χ0) is 17.9. The quantitative estimate of drug-likeness (QED) is 0.279. The van der Waals surface area contributed by atoms with Crippen LogP contribution in [0.25, 0.3) is 0 Å². The largest absolute Gasteiger partial charge is 0.495 e. The highest BCUT2D eigenvalue weighted by molar-refractivity contribution is 14.1. The van der Waals surface area contributed by atoms with Gasteiger partial charge in [-0.3, -0.25) is 0 Å². The summed E-state index contributed by atoms with van der Waals surface area (Å²) in [7, 11) is -1.20. The molecule has 0 N–H and O–H groups in total. The third kappa shape index (κ3) is 7.71. The van der Waals surface area contributed by atoms with Crippen LogP contribution in [0.5, 0.6) is 0 Å². The van der Waals surface area contributed by atoms with Crippen molar-refractivity contribution in [3.8, 4) is 0 Å². The zero-order valence-electron chi connectivity index (χ0n) is 14.3. The summed E-state index contributed by atoms with van der Waals surface area (Å²) in [5.41, 5.74) is 2.30. The third-order valence-electron chi connectivity index (χ3n) is 3.55. The van der Waals surface area contributed by atoms with Crippen LogP contribution in [0.3, 0.4) is 0 Å². The van der Waals surface area contributed by atoms with Crippen molar-refractivity contribution in [2.75, 3.05) is 11.0 Å². The molecule has 0 heterocycles. The van der Waals surface area contributed by atoms with Crippen molar-refractivity contribution < 1.29 is 13.7 Å². The second-order valence-electron chi connectivity index (χ2n) is 5.62. The average molecular weight is 470 g/mol. The van der Waals surface area contributed by atoms with Crippen LogP contribution in [-0.2, 0) is 26.9 Å². The van der Waals surface area contributed by atoms with Gasteiger partial charge in [0.25, 0.3) is 0 Å². The van der Waals surface area contributed by atoms with Crippen molar-refractivity contribution >= 4 is 33.4 Å². The van der Waals surface area contributed by atoms with E-state index in [9.17, 15) is 4.21 Å². The molecule has 2 aromatic rings. The molecule has 0 fully saturated rings. The molecule has 0 aromatic heterocycles. The van der Waals surface area contributed by atoms with Crippen molar-refractivity contribution in [1.29, 1.82) is 0 Å². The summed E-state index contributed by atoms with van der Waals surface area (Å²) in [5.74, 6) is 0. The first-order valence-corrected chi connectivity index (χ1v) is 10.9. The van der Waals surface area contributed by atoms with Crippen molar-refractivity contribution in [3.63, 3.8) is 0 Å². The Kier molecular flexibility index (Phi) is 9.21. The van der Waals surface area contributed by atoms with Crippen LogP contribution >= 0.6 is 22.6 Å². The van der Waals surface area contributed by atoms with Gasteiger partial charge < -0.3 is 9.47 Å². The van der Waals surface area contributed by atoms with Gasteiger partial charge >= 0.3 is 0 Å². The summed E-state index contributed by atoms with van der Waals surface area (Å²) in [6.07, 6.45) is 2.39. The molecule has 2 aromatic carbocycles. The number of benzene rings is 2. The third-order valence-corrected chi connectivity index (χ3v) is 5.27. The smallest absolute Gasteiger partial charge is 0.122 e. The molecule has 3 nitrogen and oxygen atoms in total. The van der Waals surface area contributed by atoms with Gasteiger partial charge in [0, 0.05) is 14.7 Å². The maximum absolute atomic E-state index is 12.2. The van der Waals surface area contributed by atoms with Gasteiger partial charge in [0.05, 0.1) is 30.3 Å². The molecule has 0 aliphatic rings. The maximum atomic E-state index is 12.2. The van der Waals surface area contributed by atoms with E-state index in [1.807, 2.05) is 61.5 Å². The Morgan fingerprint density at radius 2 is 1.84 bits per heavy atom. The molecule has 0 aliphatic heterocycles. The monoisotopic (exact) mass is 470 g/mol. The van der Waals surface area contributed by atoms with Crippen LogP contribution in [0.4, 0.5) is 0 Å². The van der Waals surface area contributed by atoms with E-state index >= 15 is 0 Å². The molecule has 0 saturated heterocycles. The fourth-order valence-corrected chi connectivity index (χ4v) is 3.56. The van der Waals surface area contributed by atoms with Gasteiger partial charge in [-0.25, -0.2) is 4.21 Å². The van der Waals surface area contributed by atoms with Gasteiger partial charge in [0.1, 0.15) is 6.10 Å². The number of alkyl halides is 1. The van der Waals surface area contributed by atoms with E-state index in [-0.39, 0.29) is 6.10 Å². The summed E-state index contributed by atoms with van der Waals surface area (Å²) >= 11 is 2.32. The molecular formula is C20H23IO3S. The lowest BCUT2D eigenvalue weighted by atomic mass is 10.2. The minimum Gasteiger partial charge on any atom is -0.495 e. The van der Waals surface area contributed by atoms with E-state index in [4.69, 9.17) is 9.47 Å². The fourth-order valence-electron chi connectivity index (χ4n) is 2.14. The molecule has 5 heteroatoms. The number of halogens is 1. The molecule has 2 atom stereocenters. The highest BCUT2D eigenvalue weighted by atomic mass is 127. The summed E-state index contributed by atoms with van der Waals surface area (Å²) in [4.78, 5) is 0.774. The Morgan fingerprint density at radius 1 is 1.12 bits per heavy atom. The second kappa shape index (κ2) is 11.4. The molecule has 0 saturated carbocycles. The van der Waals surface area contributed by atoms with Crippen LogP contribution in [0.1, 0.15) is 17.5 Å². The lowest BCUT2D eigenvalue weighted by Gasteiger charge is -2.15. The van der Waals surface area contributed by atoms with Gasteiger partial charge in [-0.1, -0.05) is 70.6 Å². The van der Waals surface area contributed by atoms with Crippen molar-refractivity contribution in [2.45, 2.75) is 31.0 Å². The molecule has 0 spiro atoms. The SMILES string of the molecule is Cc1ccc(S(=O)/C=C\O[C@@H](CCI)COCc2ccccc2)cc1. The van der Waals surface area contributed by atoms with Crippen molar-refractivity contribution in [2.24, 2.45) is 0 Å². The van der Waals surface area contributed by atoms with Crippen molar-refractivity contribution in [3.05, 3.63) is 77.4 Å². The summed E-state index contributed by atoms with van der Waals surface area (Å²) < 4.78 is 24.7. The first-order valence-electron chi connectivity index (χ1n) is 8.16. The zero-order valence-corrected chi connectivity index (χ0v) is 17.2. The lowest BCUT2D eigenvalue weighted by molar-refractivity contribution is 0.0190. The minimum atomic E-state index is -1.20. The highest BCUT2D eigenvalue weighted by Crippen LogP contribution is 2.11. The Hall–Kier alpha value is -1.18. The molecule has 0 bridgehead atoms. The molecule has 0 radical (unpaired) electrons. The molecule has 1 unspecified atom stereocenters. The van der Waals surface area contributed by atoms with Crippen LogP contribution < -0.4 is 0 Å². The Morgan fingerprint density at radius 3 is 2.52 bits per heavy atom. The number of hydrogen-bond acceptors (Lipinski definition) is 3. The first-order chi connectivity index (χ1) is 12.2. The van der Waals surface area contributed by atoms with E-state index in [0.717, 1.165) is 26.9 Å². The van der Waals surface area contributed by atoms with Gasteiger partial charge in [-0.05, 0) is 31.0 Å². The van der Waals surface area contributed by atoms with E-state index in [1.165, 1.54) is 0 Å². The normalized spacial score (nSPS) is 13.7.